The number of hydrogen-bond donors (Lipinski definition) is 2. The number of pyridine rings is 1. The fourth-order valence-corrected chi connectivity index (χ4v) is 2.67. The molecule has 0 amide bonds. The van der Waals surface area contributed by atoms with Crippen LogP contribution in [0.1, 0.15) is 44.7 Å². The summed E-state index contributed by atoms with van der Waals surface area (Å²) in [4.78, 5) is 3.93. The molecule has 19 heavy (non-hydrogen) atoms. The highest BCUT2D eigenvalue weighted by Crippen LogP contribution is 2.33. The van der Waals surface area contributed by atoms with E-state index in [1.807, 2.05) is 12.1 Å². The van der Waals surface area contributed by atoms with Crippen LogP contribution in [0.2, 0.25) is 0 Å². The average molecular weight is 259 g/mol. The zero-order valence-electron chi connectivity index (χ0n) is 11.4. The fourth-order valence-electron chi connectivity index (χ4n) is 2.67. The van der Waals surface area contributed by atoms with Gasteiger partial charge in [-0.2, -0.15) is 5.26 Å². The maximum atomic E-state index is 10.5. The van der Waals surface area contributed by atoms with Crippen molar-refractivity contribution in [2.24, 2.45) is 5.92 Å². The highest BCUT2D eigenvalue weighted by molar-refractivity contribution is 5.46. The van der Waals surface area contributed by atoms with E-state index in [2.05, 4.69) is 17.2 Å². The second kappa shape index (κ2) is 6.03. The number of aromatic nitrogens is 1. The van der Waals surface area contributed by atoms with Gasteiger partial charge in [0.05, 0.1) is 5.60 Å². The zero-order valence-corrected chi connectivity index (χ0v) is 11.4. The molecule has 0 saturated heterocycles. The Hall–Kier alpha value is -1.60. The van der Waals surface area contributed by atoms with Crippen LogP contribution in [0.15, 0.2) is 18.3 Å². The van der Waals surface area contributed by atoms with Gasteiger partial charge in [-0.05, 0) is 43.7 Å². The lowest BCUT2D eigenvalue weighted by molar-refractivity contribution is 0.00229. The van der Waals surface area contributed by atoms with Crippen LogP contribution in [0, 0.1) is 17.2 Å². The minimum absolute atomic E-state index is 0.395. The Morgan fingerprint density at radius 3 is 2.89 bits per heavy atom. The van der Waals surface area contributed by atoms with E-state index in [0.717, 1.165) is 37.3 Å². The molecule has 1 aromatic heterocycles. The molecule has 1 fully saturated rings. The van der Waals surface area contributed by atoms with Gasteiger partial charge < -0.3 is 10.4 Å². The van der Waals surface area contributed by atoms with Gasteiger partial charge in [0.25, 0.3) is 0 Å². The van der Waals surface area contributed by atoms with E-state index >= 15 is 0 Å². The third kappa shape index (κ3) is 3.68. The number of nitrogens with zero attached hydrogens (tertiary/aromatic N) is 2. The molecular formula is C15H21N3O. The Morgan fingerprint density at radius 1 is 1.53 bits per heavy atom. The van der Waals surface area contributed by atoms with Crippen molar-refractivity contribution in [3.05, 3.63) is 24.0 Å². The summed E-state index contributed by atoms with van der Waals surface area (Å²) in [6.07, 6.45) is 6.74. The first-order valence-electron chi connectivity index (χ1n) is 6.97. The molecule has 0 spiro atoms. The molecule has 1 heterocycles. The summed E-state index contributed by atoms with van der Waals surface area (Å²) in [6, 6.07) is 5.55. The average Bonchev–Trinajstić information content (AvgIpc) is 2.46. The van der Waals surface area contributed by atoms with Gasteiger partial charge in [-0.3, -0.25) is 0 Å². The molecule has 1 aliphatic carbocycles. The first-order valence-corrected chi connectivity index (χ1v) is 6.97. The minimum Gasteiger partial charge on any atom is -0.388 e. The zero-order chi connectivity index (χ0) is 13.7. The van der Waals surface area contributed by atoms with E-state index in [0.29, 0.717) is 12.2 Å². The molecule has 0 bridgehead atoms. The van der Waals surface area contributed by atoms with Crippen molar-refractivity contribution in [2.45, 2.75) is 44.6 Å². The van der Waals surface area contributed by atoms with Crippen molar-refractivity contribution < 1.29 is 5.11 Å². The van der Waals surface area contributed by atoms with Crippen LogP contribution >= 0.6 is 0 Å². The quantitative estimate of drug-likeness (QED) is 0.872. The van der Waals surface area contributed by atoms with E-state index in [9.17, 15) is 5.11 Å². The third-order valence-electron chi connectivity index (χ3n) is 4.11. The Bertz CT molecular complexity index is 459. The van der Waals surface area contributed by atoms with Crippen LogP contribution in [-0.4, -0.2) is 22.2 Å². The molecule has 4 heteroatoms. The number of nitrogens with one attached hydrogen (secondary N) is 1. The van der Waals surface area contributed by atoms with Crippen molar-refractivity contribution in [3.8, 4) is 6.07 Å². The smallest absolute Gasteiger partial charge is 0.142 e. The molecule has 0 unspecified atom stereocenters. The number of nitriles is 1. The largest absolute Gasteiger partial charge is 0.388 e. The van der Waals surface area contributed by atoms with Crippen LogP contribution in [0.5, 0.6) is 0 Å². The summed E-state index contributed by atoms with van der Waals surface area (Å²) >= 11 is 0. The van der Waals surface area contributed by atoms with Gasteiger partial charge in [-0.1, -0.05) is 13.3 Å². The standard InChI is InChI=1S/C15H21N3O/c1-2-12-3-6-15(19,7-4-12)11-18-13-5-8-17-14(9-13)10-16/h5,8-9,12,19H,2-4,6-7,11H2,1H3,(H,17,18). The molecule has 1 aromatic rings. The van der Waals surface area contributed by atoms with Gasteiger partial charge >= 0.3 is 0 Å². The molecule has 1 saturated carbocycles. The van der Waals surface area contributed by atoms with Gasteiger partial charge in [-0.25, -0.2) is 4.98 Å². The molecule has 2 N–H and O–H groups in total. The Labute approximate surface area is 114 Å². The van der Waals surface area contributed by atoms with Gasteiger partial charge in [0.2, 0.25) is 0 Å². The van der Waals surface area contributed by atoms with Gasteiger partial charge in [0.1, 0.15) is 11.8 Å². The normalized spacial score (nSPS) is 26.7. The maximum absolute atomic E-state index is 10.5. The molecule has 0 atom stereocenters. The predicted octanol–water partition coefficient (Wildman–Crippen LogP) is 2.70. The third-order valence-corrected chi connectivity index (χ3v) is 4.11. The van der Waals surface area contributed by atoms with E-state index in [1.165, 1.54) is 6.42 Å². The van der Waals surface area contributed by atoms with Gasteiger partial charge in [0, 0.05) is 18.4 Å². The molecule has 102 valence electrons. The van der Waals surface area contributed by atoms with Crippen LogP contribution in [0.3, 0.4) is 0 Å². The van der Waals surface area contributed by atoms with Crippen molar-refractivity contribution in [1.29, 1.82) is 5.26 Å². The van der Waals surface area contributed by atoms with E-state index in [4.69, 9.17) is 5.26 Å². The Balaban J connectivity index is 1.89. The van der Waals surface area contributed by atoms with Crippen molar-refractivity contribution in [1.82, 2.24) is 4.98 Å². The SMILES string of the molecule is CCC1CCC(O)(CNc2ccnc(C#N)c2)CC1. The Kier molecular flexibility index (Phi) is 4.39. The highest BCUT2D eigenvalue weighted by atomic mass is 16.3. The second-order valence-electron chi connectivity index (χ2n) is 5.47. The van der Waals surface area contributed by atoms with E-state index in [1.54, 1.807) is 12.3 Å². The number of aliphatic hydroxyl groups is 1. The molecular weight excluding hydrogens is 238 g/mol. The first kappa shape index (κ1) is 13.8. The summed E-state index contributed by atoms with van der Waals surface area (Å²) in [7, 11) is 0. The lowest BCUT2D eigenvalue weighted by Crippen LogP contribution is -2.40. The molecule has 1 aliphatic rings. The van der Waals surface area contributed by atoms with Crippen LogP contribution in [-0.2, 0) is 0 Å². The fraction of sp³-hybridized carbons (Fsp3) is 0.600. The Morgan fingerprint density at radius 2 is 2.26 bits per heavy atom. The number of anilines is 1. The monoisotopic (exact) mass is 259 g/mol. The van der Waals surface area contributed by atoms with Gasteiger partial charge in [-0.15, -0.1) is 0 Å². The summed E-state index contributed by atoms with van der Waals surface area (Å²) in [5, 5.41) is 22.5. The van der Waals surface area contributed by atoms with Crippen molar-refractivity contribution in [3.63, 3.8) is 0 Å². The molecule has 0 aliphatic heterocycles. The van der Waals surface area contributed by atoms with E-state index < -0.39 is 5.60 Å². The lowest BCUT2D eigenvalue weighted by atomic mass is 9.78. The highest BCUT2D eigenvalue weighted by Gasteiger charge is 2.32. The van der Waals surface area contributed by atoms with Gasteiger partial charge in [0.15, 0.2) is 0 Å². The van der Waals surface area contributed by atoms with Crippen molar-refractivity contribution >= 4 is 5.69 Å². The summed E-state index contributed by atoms with van der Waals surface area (Å²) in [5.74, 6) is 0.770. The number of hydrogen-bond acceptors (Lipinski definition) is 4. The van der Waals surface area contributed by atoms with Crippen molar-refractivity contribution in [2.75, 3.05) is 11.9 Å². The molecule has 4 nitrogen and oxygen atoms in total. The second-order valence-corrected chi connectivity index (χ2v) is 5.47. The number of rotatable bonds is 4. The van der Waals surface area contributed by atoms with Crippen LogP contribution < -0.4 is 5.32 Å². The summed E-state index contributed by atoms with van der Waals surface area (Å²) in [5.41, 5.74) is 0.631. The maximum Gasteiger partial charge on any atom is 0.142 e. The predicted molar refractivity (Wildman–Crippen MR) is 74.6 cm³/mol. The van der Waals surface area contributed by atoms with Crippen LogP contribution in [0.4, 0.5) is 5.69 Å². The topological polar surface area (TPSA) is 68.9 Å². The van der Waals surface area contributed by atoms with E-state index in [-0.39, 0.29) is 0 Å². The summed E-state index contributed by atoms with van der Waals surface area (Å²) < 4.78 is 0. The first-order chi connectivity index (χ1) is 9.15. The minimum atomic E-state index is -0.609. The molecule has 0 aromatic carbocycles. The van der Waals surface area contributed by atoms with Crippen LogP contribution in [0.25, 0.3) is 0 Å². The molecule has 0 radical (unpaired) electrons. The molecule has 2 rings (SSSR count). The lowest BCUT2D eigenvalue weighted by Gasteiger charge is -2.36. The summed E-state index contributed by atoms with van der Waals surface area (Å²) in [6.45, 7) is 2.76.